The number of carboxylic acid groups (broad SMARTS) is 1. The molecule has 18 N–H and O–H groups in total. The van der Waals surface area contributed by atoms with Crippen molar-refractivity contribution in [3.05, 3.63) is 117 Å². The first-order chi connectivity index (χ1) is 47.7. The molecule has 18 atom stereocenters. The number of carbonyl (C=O) groups is 8. The van der Waals surface area contributed by atoms with Crippen LogP contribution in [0.4, 0.5) is 0 Å². The minimum atomic E-state index is -2.24. The Bertz CT molecular complexity index is 4070. The summed E-state index contributed by atoms with van der Waals surface area (Å²) in [4.78, 5) is 117. The van der Waals surface area contributed by atoms with Crippen LogP contribution in [0.3, 0.4) is 0 Å². The lowest BCUT2D eigenvalue weighted by Crippen LogP contribution is -2.64. The summed E-state index contributed by atoms with van der Waals surface area (Å²) in [5.41, 5.74) is 8.53. The minimum Gasteiger partial charge on any atom is -0.508 e. The molecule has 0 saturated carbocycles. The average molecular weight is 1480 g/mol. The van der Waals surface area contributed by atoms with E-state index in [2.05, 4.69) is 21.3 Å². The molecule has 7 unspecified atom stereocenters. The van der Waals surface area contributed by atoms with Gasteiger partial charge in [0.2, 0.25) is 41.6 Å². The second-order valence-corrected chi connectivity index (χ2v) is 27.4. The second-order valence-electron chi connectivity index (χ2n) is 26.6. The molecule has 5 amide bonds. The van der Waals surface area contributed by atoms with Crippen LogP contribution in [0.15, 0.2) is 78.9 Å². The summed E-state index contributed by atoms with van der Waals surface area (Å²) >= 11 is 14.2. The van der Waals surface area contributed by atoms with Gasteiger partial charge in [-0.15, -0.1) is 12.4 Å². The lowest BCUT2D eigenvalue weighted by Gasteiger charge is -2.47. The highest BCUT2D eigenvalue weighted by molar-refractivity contribution is 6.32. The lowest BCUT2D eigenvalue weighted by atomic mass is 9.84. The number of aromatic hydroxyl groups is 3. The summed E-state index contributed by atoms with van der Waals surface area (Å²) in [6.07, 6.45) is -19.8. The van der Waals surface area contributed by atoms with Gasteiger partial charge in [-0.1, -0.05) is 62.2 Å². The number of carbonyl (C=O) groups excluding carboxylic acids is 7. The Morgan fingerprint density at radius 2 is 1.37 bits per heavy atom. The number of nitrogens with two attached hydrogens (primary N) is 2. The van der Waals surface area contributed by atoms with Crippen LogP contribution in [-0.4, -0.2) is 172 Å². The summed E-state index contributed by atoms with van der Waals surface area (Å²) in [7, 11) is 0. The molecule has 2 fully saturated rings. The van der Waals surface area contributed by atoms with Crippen LogP contribution in [0.1, 0.15) is 131 Å². The number of aliphatic hydroxyl groups is 6. The van der Waals surface area contributed by atoms with Crippen molar-refractivity contribution in [2.75, 3.05) is 6.61 Å². The zero-order valence-corrected chi connectivity index (χ0v) is 57.7. The number of aliphatic hydroxyl groups excluding tert-OH is 6. The molecule has 550 valence electrons. The molecule has 5 aromatic carbocycles. The minimum absolute atomic E-state index is 0. The number of Topliss-reactive ketones (excluding diaryl/α,β-unsaturated/α-hetero) is 2. The number of carboxylic acids is 1. The Balaban J connectivity index is 0.0000121. The largest absolute Gasteiger partial charge is 0.508 e. The van der Waals surface area contributed by atoms with Crippen molar-refractivity contribution in [3.8, 4) is 57.1 Å². The van der Waals surface area contributed by atoms with E-state index in [9.17, 15) is 75.0 Å². The molecule has 2 saturated heterocycles. The highest BCUT2D eigenvalue weighted by Crippen LogP contribution is 2.50. The van der Waals surface area contributed by atoms with Gasteiger partial charge in [-0.25, -0.2) is 4.79 Å². The van der Waals surface area contributed by atoms with Crippen molar-refractivity contribution in [2.45, 2.75) is 170 Å². The quantitative estimate of drug-likeness (QED) is 0.0793. The lowest BCUT2D eigenvalue weighted by molar-refractivity contribution is -0.333. The van der Waals surface area contributed by atoms with Crippen LogP contribution in [-0.2, 0) is 52.6 Å². The van der Waals surface area contributed by atoms with Crippen molar-refractivity contribution < 1.29 is 118 Å². The number of halogens is 3. The van der Waals surface area contributed by atoms with Gasteiger partial charge in [-0.05, 0) is 109 Å². The molecular weight excluding hydrogens is 1400 g/mol. The third kappa shape index (κ3) is 16.5. The number of rotatable bonds is 13. The number of hydrogen-bond acceptors (Lipinski definition) is 24. The Morgan fingerprint density at radius 3 is 1.95 bits per heavy atom. The van der Waals surface area contributed by atoms with Crippen molar-refractivity contribution in [3.63, 3.8) is 0 Å². The van der Waals surface area contributed by atoms with Gasteiger partial charge in [0, 0.05) is 59.9 Å². The van der Waals surface area contributed by atoms with E-state index >= 15 is 14.4 Å². The number of ketones is 2. The summed E-state index contributed by atoms with van der Waals surface area (Å²) in [5, 5.41) is 123. The van der Waals surface area contributed by atoms with Gasteiger partial charge in [-0.3, -0.25) is 33.6 Å². The predicted molar refractivity (Wildman–Crippen MR) is 360 cm³/mol. The van der Waals surface area contributed by atoms with E-state index in [4.69, 9.17) is 63.1 Å². The molecule has 33 heteroatoms. The van der Waals surface area contributed by atoms with Crippen LogP contribution in [0, 0.1) is 17.8 Å². The first kappa shape index (κ1) is 77.7. The molecule has 30 nitrogen and oxygen atoms in total. The number of phenols is 3. The van der Waals surface area contributed by atoms with Crippen LogP contribution in [0.5, 0.6) is 46.0 Å². The number of amides is 5. The number of primary amides is 1. The van der Waals surface area contributed by atoms with Crippen LogP contribution < -0.4 is 46.9 Å². The van der Waals surface area contributed by atoms with E-state index in [0.717, 1.165) is 54.6 Å². The maximum Gasteiger partial charge on any atom is 0.330 e. The molecule has 7 aliphatic heterocycles. The van der Waals surface area contributed by atoms with Crippen LogP contribution in [0.25, 0.3) is 11.1 Å². The summed E-state index contributed by atoms with van der Waals surface area (Å²) in [6.45, 7) is 7.55. The van der Waals surface area contributed by atoms with E-state index in [-0.39, 0.29) is 63.5 Å². The average Bonchev–Trinajstić information content (AvgIpc) is 0.773. The van der Waals surface area contributed by atoms with Crippen LogP contribution in [0.2, 0.25) is 10.0 Å². The summed E-state index contributed by atoms with van der Waals surface area (Å²) in [5.74, 6) is -18.9. The number of ether oxygens (including phenoxy) is 6. The van der Waals surface area contributed by atoms with Gasteiger partial charge >= 0.3 is 5.97 Å². The molecule has 7 aliphatic rings. The van der Waals surface area contributed by atoms with E-state index in [1.54, 1.807) is 6.92 Å². The molecule has 5 aromatic rings. The third-order valence-electron chi connectivity index (χ3n) is 18.6. The number of nitrogens with one attached hydrogen (secondary N) is 4. The Labute approximate surface area is 598 Å². The maximum absolute atomic E-state index is 16.2. The van der Waals surface area contributed by atoms with Gasteiger partial charge in [0.25, 0.3) is 0 Å². The molecule has 0 aliphatic carbocycles. The van der Waals surface area contributed by atoms with Crippen molar-refractivity contribution in [1.29, 1.82) is 0 Å². The molecular formula is C69H79Cl3N6O24. The Hall–Kier alpha value is -8.47. The summed E-state index contributed by atoms with van der Waals surface area (Å²) in [6, 6.07) is 5.66. The smallest absolute Gasteiger partial charge is 0.330 e. The van der Waals surface area contributed by atoms with E-state index in [0.29, 0.717) is 12.8 Å². The normalized spacial score (nSPS) is 29.3. The monoisotopic (exact) mass is 1480 g/mol. The number of phenolic OH excluding ortho intramolecular Hbond substituents is 3. The standard InChI is InChI=1S/C69H78Cl2N6O24.ClH/c1-6-28(13-26(2)3)63(90)76-54-42(82)17-33(20-49(72)84)64(91)74-52-32-18-46(97-44-11-8-30(56(54)85)15-38(44)70)60(101-68-61(59(88)58(87)48(25-78)99-68)100-50-24-69(5,73)62(89)27(4)96-50)47(19-32)98-45-12-9-31(16-39(45)71)57(86)55-66(93)75-53(67(94)95)37-21-34(79)22-41(81)51(37)36-14-29(7-10-40(36)80)35(23-43(52)83)65(92)77-55;/h7-12,14-16,18-19,21-22,26-28,33,35,48,50,52-59,61-62,68,78-81,85-89H,6,13,17,20,23-25,73H2,1-5H3,(H2,72,84)(H,74,91)(H,75,93)(H,76,90)(H,77,92)(H,94,95);1H/t27-,28?,33+,35?,48?,50+,52-,53-,54+,55?,56-,57?,58-,59+,61?,62-,68+,69?;/m1./s1. The van der Waals surface area contributed by atoms with Gasteiger partial charge in [0.05, 0.1) is 40.7 Å². The molecule has 0 radical (unpaired) electrons. The molecule has 11 bridgehead atoms. The highest BCUT2D eigenvalue weighted by Gasteiger charge is 2.51. The van der Waals surface area contributed by atoms with Crippen molar-refractivity contribution >= 4 is 82.7 Å². The maximum atomic E-state index is 16.2. The Morgan fingerprint density at radius 1 is 0.745 bits per heavy atom. The van der Waals surface area contributed by atoms with Gasteiger partial charge < -0.3 is 112 Å². The van der Waals surface area contributed by atoms with Gasteiger partial charge in [0.15, 0.2) is 41.5 Å². The Kier molecular flexibility index (Phi) is 24.1. The number of benzene rings is 5. The fourth-order valence-corrected chi connectivity index (χ4v) is 13.7. The topological polar surface area (TPSA) is 494 Å². The number of aliphatic carboxylic acids is 1. The second kappa shape index (κ2) is 31.6. The third-order valence-corrected chi connectivity index (χ3v) is 19.2. The molecule has 7 heterocycles. The van der Waals surface area contributed by atoms with Crippen LogP contribution >= 0.6 is 35.6 Å². The SMILES string of the molecule is CCC(CC(C)C)C(=O)N[C@H]1C(=O)C[C@@H](CC(N)=O)C(=O)N[C@H]2C(=O)CC3C(=O)NC(C(=O)N[C@@H](C(=O)O)c4cc(O)cc(O)c4-c4cc3ccc4O)C(O)c3ccc(c(Cl)c3)Oc3cc2cc(c3O[C@@H]2OC(CO)[C@@H](O)[C@H](O)C2O[C@H]2CC(C)(N)[C@H](O)[C@@H](C)O2)Oc2ccc(cc2Cl)[C@H]1O.Cl. The molecule has 0 spiro atoms. The first-order valence-electron chi connectivity index (χ1n) is 32.4. The summed E-state index contributed by atoms with van der Waals surface area (Å²) < 4.78 is 38.5. The number of fused-ring (bicyclic) bond motifs is 15. The molecule has 12 rings (SSSR count). The fourth-order valence-electron chi connectivity index (χ4n) is 13.2. The zero-order valence-electron chi connectivity index (χ0n) is 55.4. The van der Waals surface area contributed by atoms with Crippen molar-refractivity contribution in [2.24, 2.45) is 29.2 Å². The van der Waals surface area contributed by atoms with E-state index in [1.807, 2.05) is 13.8 Å². The highest BCUT2D eigenvalue weighted by atomic mass is 35.5. The number of hydrogen-bond donors (Lipinski definition) is 16. The van der Waals surface area contributed by atoms with Gasteiger partial charge in [-0.2, -0.15) is 0 Å². The first-order valence-corrected chi connectivity index (χ1v) is 33.2. The van der Waals surface area contributed by atoms with Gasteiger partial charge in [0.1, 0.15) is 77.4 Å². The molecule has 0 aromatic heterocycles. The fraction of sp³-hybridized carbons (Fsp3) is 0.449. The predicted octanol–water partition coefficient (Wildman–Crippen LogP) is 3.94. The van der Waals surface area contributed by atoms with Crippen molar-refractivity contribution in [1.82, 2.24) is 21.3 Å². The molecule has 102 heavy (non-hydrogen) atoms. The van der Waals surface area contributed by atoms with E-state index < -0.39 is 238 Å². The van der Waals surface area contributed by atoms with E-state index in [1.165, 1.54) is 38.1 Å². The zero-order chi connectivity index (χ0) is 73.5.